The van der Waals surface area contributed by atoms with Gasteiger partial charge in [-0.25, -0.2) is 4.18 Å². The van der Waals surface area contributed by atoms with Crippen LogP contribution in [0.3, 0.4) is 0 Å². The van der Waals surface area contributed by atoms with Gasteiger partial charge in [0, 0.05) is 13.0 Å². The third-order valence-electron chi connectivity index (χ3n) is 13.0. The molecule has 4 N–H and O–H groups in total. The van der Waals surface area contributed by atoms with Crippen LogP contribution in [0.2, 0.25) is 0 Å². The van der Waals surface area contributed by atoms with E-state index in [9.17, 15) is 33.1 Å². The molecule has 0 amide bonds. The predicted octanol–water partition coefficient (Wildman–Crippen LogP) is 12.8. The summed E-state index contributed by atoms with van der Waals surface area (Å²) in [5.41, 5.74) is 0. The number of aliphatic hydroxyl groups excluding tert-OH is 3. The smallest absolute Gasteiger partial charge is 0.397 e. The first-order valence-corrected chi connectivity index (χ1v) is 28.7. The Hall–Kier alpha value is -0.900. The molecule has 1 rings (SSSR count). The average molecular weight is 951 g/mol. The SMILES string of the molecule is CCCCCCCCCCCCCCCCCCCCCCCCCC(=O)OC(COCCCCCCCCCCCCCCCCC)COC1OC(CO)C(O)C(OS(=O)(=O)O)C1O. The minimum Gasteiger partial charge on any atom is -0.457 e. The Morgan fingerprint density at radius 1 is 0.523 bits per heavy atom. The molecule has 0 aromatic carbocycles. The van der Waals surface area contributed by atoms with Gasteiger partial charge in [0.25, 0.3) is 0 Å². The van der Waals surface area contributed by atoms with Gasteiger partial charge in [0.2, 0.25) is 0 Å². The molecule has 0 bridgehead atoms. The first-order valence-electron chi connectivity index (χ1n) is 27.3. The normalized spacial score (nSPS) is 19.5. The highest BCUT2D eigenvalue weighted by Crippen LogP contribution is 2.26. The van der Waals surface area contributed by atoms with Gasteiger partial charge in [-0.1, -0.05) is 245 Å². The fraction of sp³-hybridized carbons (Fsp3) is 0.981. The highest BCUT2D eigenvalue weighted by molar-refractivity contribution is 7.80. The lowest BCUT2D eigenvalue weighted by molar-refractivity contribution is -0.301. The van der Waals surface area contributed by atoms with Crippen LogP contribution in [0, 0.1) is 0 Å². The topological polar surface area (TPSA) is 178 Å². The van der Waals surface area contributed by atoms with E-state index in [0.717, 1.165) is 38.5 Å². The van der Waals surface area contributed by atoms with Crippen LogP contribution >= 0.6 is 0 Å². The van der Waals surface area contributed by atoms with Crippen molar-refractivity contribution in [3.8, 4) is 0 Å². The summed E-state index contributed by atoms with van der Waals surface area (Å²) in [6, 6.07) is 0. The summed E-state index contributed by atoms with van der Waals surface area (Å²) in [5, 5.41) is 30.8. The second kappa shape index (κ2) is 44.3. The van der Waals surface area contributed by atoms with Crippen molar-refractivity contribution in [2.24, 2.45) is 0 Å². The highest BCUT2D eigenvalue weighted by Gasteiger charge is 2.48. The van der Waals surface area contributed by atoms with Crippen molar-refractivity contribution in [2.45, 2.75) is 301 Å². The summed E-state index contributed by atoms with van der Waals surface area (Å²) in [5.74, 6) is -0.390. The molecule has 13 heteroatoms. The van der Waals surface area contributed by atoms with Gasteiger partial charge in [-0.15, -0.1) is 0 Å². The lowest BCUT2D eigenvalue weighted by Gasteiger charge is -2.41. The van der Waals surface area contributed by atoms with E-state index in [4.69, 9.17) is 18.9 Å². The van der Waals surface area contributed by atoms with Gasteiger partial charge in [0.15, 0.2) is 6.29 Å². The predicted molar refractivity (Wildman–Crippen MR) is 262 cm³/mol. The van der Waals surface area contributed by atoms with Crippen LogP contribution in [0.15, 0.2) is 0 Å². The summed E-state index contributed by atoms with van der Waals surface area (Å²) in [6.45, 7) is 4.06. The molecule has 0 radical (unpaired) electrons. The van der Waals surface area contributed by atoms with Crippen LogP contribution in [-0.4, -0.2) is 97.5 Å². The molecule has 65 heavy (non-hydrogen) atoms. The molecule has 1 saturated heterocycles. The number of rotatable bonds is 49. The Labute approximate surface area is 398 Å². The zero-order valence-corrected chi connectivity index (χ0v) is 42.6. The van der Waals surface area contributed by atoms with E-state index < -0.39 is 53.8 Å². The van der Waals surface area contributed by atoms with E-state index >= 15 is 0 Å². The summed E-state index contributed by atoms with van der Waals surface area (Å²) in [4.78, 5) is 12.9. The zero-order chi connectivity index (χ0) is 47.5. The number of ether oxygens (including phenoxy) is 4. The molecule has 0 aliphatic carbocycles. The molecule has 1 fully saturated rings. The van der Waals surface area contributed by atoms with Crippen molar-refractivity contribution >= 4 is 16.4 Å². The largest absolute Gasteiger partial charge is 0.457 e. The van der Waals surface area contributed by atoms with E-state index in [1.165, 1.54) is 199 Å². The Kier molecular flexibility index (Phi) is 42.4. The number of carbonyl (C=O) groups excluding carboxylic acids is 1. The minimum absolute atomic E-state index is 0.0452. The lowest BCUT2D eigenvalue weighted by atomic mass is 9.99. The molecule has 6 atom stereocenters. The Morgan fingerprint density at radius 2 is 0.877 bits per heavy atom. The summed E-state index contributed by atoms with van der Waals surface area (Å²) in [6.07, 6.45) is 40.0. The maximum Gasteiger partial charge on any atom is 0.397 e. The summed E-state index contributed by atoms with van der Waals surface area (Å²) in [7, 11) is -5.06. The molecular formula is C52H102O12S. The highest BCUT2D eigenvalue weighted by atomic mass is 32.3. The van der Waals surface area contributed by atoms with Crippen LogP contribution < -0.4 is 0 Å². The third-order valence-corrected chi connectivity index (χ3v) is 13.4. The van der Waals surface area contributed by atoms with Crippen molar-refractivity contribution in [3.05, 3.63) is 0 Å². The molecule has 1 heterocycles. The second-order valence-corrected chi connectivity index (χ2v) is 20.2. The van der Waals surface area contributed by atoms with Crippen LogP contribution in [0.5, 0.6) is 0 Å². The monoisotopic (exact) mass is 951 g/mol. The Balaban J connectivity index is 2.29. The zero-order valence-electron chi connectivity index (χ0n) is 41.8. The number of hydrogen-bond donors (Lipinski definition) is 4. The Bertz CT molecular complexity index is 1140. The molecule has 1 aliphatic heterocycles. The van der Waals surface area contributed by atoms with Gasteiger partial charge in [-0.2, -0.15) is 8.42 Å². The van der Waals surface area contributed by atoms with Crippen molar-refractivity contribution in [2.75, 3.05) is 26.4 Å². The van der Waals surface area contributed by atoms with Crippen LogP contribution in [0.1, 0.15) is 264 Å². The molecule has 0 saturated carbocycles. The average Bonchev–Trinajstić information content (AvgIpc) is 3.28. The Morgan fingerprint density at radius 3 is 1.23 bits per heavy atom. The first-order chi connectivity index (χ1) is 31.6. The van der Waals surface area contributed by atoms with Crippen LogP contribution in [0.4, 0.5) is 0 Å². The van der Waals surface area contributed by atoms with Gasteiger partial charge in [-0.05, 0) is 12.8 Å². The van der Waals surface area contributed by atoms with Crippen molar-refractivity contribution < 1.29 is 56.2 Å². The van der Waals surface area contributed by atoms with Crippen LogP contribution in [-0.2, 0) is 38.3 Å². The molecule has 0 spiro atoms. The fourth-order valence-electron chi connectivity index (χ4n) is 8.85. The first kappa shape index (κ1) is 62.1. The molecular weight excluding hydrogens is 849 g/mol. The maximum atomic E-state index is 12.9. The van der Waals surface area contributed by atoms with Gasteiger partial charge >= 0.3 is 16.4 Å². The quantitative estimate of drug-likeness (QED) is 0.0258. The van der Waals surface area contributed by atoms with E-state index in [2.05, 4.69) is 18.0 Å². The molecule has 0 aromatic heterocycles. The lowest BCUT2D eigenvalue weighted by Crippen LogP contribution is -2.60. The third kappa shape index (κ3) is 37.6. The van der Waals surface area contributed by atoms with Crippen molar-refractivity contribution in [1.82, 2.24) is 0 Å². The van der Waals surface area contributed by atoms with Gasteiger partial charge in [0.05, 0.1) is 19.8 Å². The maximum absolute atomic E-state index is 12.9. The molecule has 0 aromatic rings. The number of unbranched alkanes of at least 4 members (excludes halogenated alkanes) is 36. The standard InChI is InChI=1S/C52H102O12S/c1-3-5-7-9-11-13-15-17-19-20-21-22-23-24-25-26-27-29-31-33-35-37-39-41-48(54)62-46(45-61-52-50(56)51(64-65(57,58)59)49(55)47(43-53)63-52)44-60-42-40-38-36-34-32-30-28-18-16-14-12-10-8-6-4-2/h46-47,49-53,55-56H,3-45H2,1-2H3,(H,57,58,59). The number of hydrogen-bond acceptors (Lipinski definition) is 11. The molecule has 6 unspecified atom stereocenters. The second-order valence-electron chi connectivity index (χ2n) is 19.2. The van der Waals surface area contributed by atoms with Crippen molar-refractivity contribution in [3.63, 3.8) is 0 Å². The van der Waals surface area contributed by atoms with Gasteiger partial charge in [-0.3, -0.25) is 9.35 Å². The van der Waals surface area contributed by atoms with E-state index in [-0.39, 0.29) is 25.6 Å². The van der Waals surface area contributed by atoms with E-state index in [1.54, 1.807) is 0 Å². The number of esters is 1. The number of aliphatic hydroxyl groups is 3. The summed E-state index contributed by atoms with van der Waals surface area (Å²) < 4.78 is 59.3. The minimum atomic E-state index is -5.06. The van der Waals surface area contributed by atoms with Gasteiger partial charge in [0.1, 0.15) is 30.5 Å². The van der Waals surface area contributed by atoms with E-state index in [0.29, 0.717) is 13.0 Å². The molecule has 388 valence electrons. The van der Waals surface area contributed by atoms with E-state index in [1.807, 2.05) is 0 Å². The van der Waals surface area contributed by atoms with Crippen molar-refractivity contribution in [1.29, 1.82) is 0 Å². The molecule has 12 nitrogen and oxygen atoms in total. The number of carbonyl (C=O) groups is 1. The van der Waals surface area contributed by atoms with Gasteiger partial charge < -0.3 is 34.3 Å². The fourth-order valence-corrected chi connectivity index (χ4v) is 9.36. The van der Waals surface area contributed by atoms with Crippen LogP contribution in [0.25, 0.3) is 0 Å². The molecule has 1 aliphatic rings. The summed E-state index contributed by atoms with van der Waals surface area (Å²) >= 11 is 0.